The molecule has 0 saturated heterocycles. The van der Waals surface area contributed by atoms with E-state index in [4.69, 9.17) is 5.84 Å². The lowest BCUT2D eigenvalue weighted by atomic mass is 9.97. The Hall–Kier alpha value is -2.02. The van der Waals surface area contributed by atoms with E-state index >= 15 is 0 Å². The van der Waals surface area contributed by atoms with E-state index in [2.05, 4.69) is 15.1 Å². The summed E-state index contributed by atoms with van der Waals surface area (Å²) in [5.41, 5.74) is 4.76. The van der Waals surface area contributed by atoms with Gasteiger partial charge in [-0.05, 0) is 18.9 Å². The fourth-order valence-corrected chi connectivity index (χ4v) is 2.46. The molecular formula is C14H16F3N3O. The summed E-state index contributed by atoms with van der Waals surface area (Å²) in [5, 5.41) is 0.494. The molecule has 2 aromatic rings. The van der Waals surface area contributed by atoms with E-state index in [-0.39, 0.29) is 17.2 Å². The molecule has 0 bridgehead atoms. The summed E-state index contributed by atoms with van der Waals surface area (Å²) in [6, 6.07) is 4.37. The number of anilines is 1. The minimum absolute atomic E-state index is 0.125. The predicted octanol–water partition coefficient (Wildman–Crippen LogP) is 3.85. The zero-order valence-corrected chi connectivity index (χ0v) is 11.9. The van der Waals surface area contributed by atoms with E-state index in [0.717, 1.165) is 5.56 Å². The first-order chi connectivity index (χ1) is 9.74. The van der Waals surface area contributed by atoms with Gasteiger partial charge in [-0.25, -0.2) is 4.98 Å². The average molecular weight is 299 g/mol. The van der Waals surface area contributed by atoms with E-state index in [0.29, 0.717) is 16.8 Å². The number of hydrazine groups is 1. The highest BCUT2D eigenvalue weighted by Gasteiger charge is 2.32. The first-order valence-electron chi connectivity index (χ1n) is 6.40. The van der Waals surface area contributed by atoms with Crippen LogP contribution in [-0.2, 0) is 0 Å². The number of hydrogen-bond acceptors (Lipinski definition) is 4. The van der Waals surface area contributed by atoms with Gasteiger partial charge in [0.25, 0.3) is 0 Å². The summed E-state index contributed by atoms with van der Waals surface area (Å²) < 4.78 is 41.4. The third-order valence-corrected chi connectivity index (χ3v) is 3.15. The number of ether oxygens (including phenoxy) is 1. The van der Waals surface area contributed by atoms with Crippen LogP contribution in [0.4, 0.5) is 18.9 Å². The fourth-order valence-electron chi connectivity index (χ4n) is 2.46. The summed E-state index contributed by atoms with van der Waals surface area (Å²) in [5.74, 6) is 5.35. The molecule has 21 heavy (non-hydrogen) atoms. The van der Waals surface area contributed by atoms with Crippen LogP contribution in [0.15, 0.2) is 18.2 Å². The molecule has 0 aliphatic heterocycles. The van der Waals surface area contributed by atoms with Gasteiger partial charge in [-0.3, -0.25) is 5.84 Å². The third kappa shape index (κ3) is 3.02. The van der Waals surface area contributed by atoms with Crippen molar-refractivity contribution >= 4 is 16.6 Å². The number of nitrogens with one attached hydrogen (secondary N) is 1. The number of nitrogens with zero attached hydrogens (tertiary/aromatic N) is 1. The smallest absolute Gasteiger partial charge is 0.403 e. The van der Waals surface area contributed by atoms with Crippen LogP contribution in [0.5, 0.6) is 5.75 Å². The van der Waals surface area contributed by atoms with Crippen LogP contribution >= 0.6 is 0 Å². The molecule has 0 spiro atoms. The topological polar surface area (TPSA) is 60.2 Å². The maximum Gasteiger partial charge on any atom is 0.573 e. The number of aryl methyl sites for hydroxylation is 1. The second-order valence-corrected chi connectivity index (χ2v) is 4.99. The number of rotatable bonds is 3. The number of benzene rings is 1. The lowest BCUT2D eigenvalue weighted by molar-refractivity contribution is -0.274. The molecule has 0 atom stereocenters. The van der Waals surface area contributed by atoms with Crippen LogP contribution in [-0.4, -0.2) is 11.3 Å². The number of alkyl halides is 3. The van der Waals surface area contributed by atoms with Gasteiger partial charge in [-0.15, -0.1) is 13.2 Å². The zero-order valence-electron chi connectivity index (χ0n) is 11.9. The number of hydrogen-bond donors (Lipinski definition) is 2. The van der Waals surface area contributed by atoms with Crippen molar-refractivity contribution in [2.45, 2.75) is 33.1 Å². The Morgan fingerprint density at radius 3 is 2.48 bits per heavy atom. The predicted molar refractivity (Wildman–Crippen MR) is 75.1 cm³/mol. The summed E-state index contributed by atoms with van der Waals surface area (Å²) in [6.07, 6.45) is -4.77. The normalized spacial score (nSPS) is 12.0. The van der Waals surface area contributed by atoms with Crippen molar-refractivity contribution in [3.8, 4) is 5.75 Å². The Morgan fingerprint density at radius 2 is 1.95 bits per heavy atom. The lowest BCUT2D eigenvalue weighted by Crippen LogP contribution is -2.18. The number of pyridine rings is 1. The van der Waals surface area contributed by atoms with Gasteiger partial charge in [0.2, 0.25) is 0 Å². The molecule has 3 N–H and O–H groups in total. The van der Waals surface area contributed by atoms with Crippen LogP contribution in [0.2, 0.25) is 0 Å². The molecule has 0 aliphatic rings. The molecule has 114 valence electrons. The van der Waals surface area contributed by atoms with Gasteiger partial charge in [0.05, 0.1) is 5.69 Å². The highest BCUT2D eigenvalue weighted by molar-refractivity contribution is 5.96. The Bertz CT molecular complexity index is 669. The van der Waals surface area contributed by atoms with Crippen LogP contribution in [0.1, 0.15) is 31.0 Å². The molecule has 4 nitrogen and oxygen atoms in total. The van der Waals surface area contributed by atoms with Crippen molar-refractivity contribution in [3.63, 3.8) is 0 Å². The standard InChI is InChI=1S/C14H16F3N3O/c1-7(2)11-8(3)19-12-9(13(11)20-18)5-4-6-10(12)21-14(15,16)17/h4-7H,18H2,1-3H3,(H,19,20). The van der Waals surface area contributed by atoms with Crippen LogP contribution in [0.25, 0.3) is 10.9 Å². The summed E-state index contributed by atoms with van der Waals surface area (Å²) in [6.45, 7) is 5.67. The molecule has 1 aromatic heterocycles. The van der Waals surface area contributed by atoms with Crippen LogP contribution in [0.3, 0.4) is 0 Å². The van der Waals surface area contributed by atoms with Gasteiger partial charge < -0.3 is 10.2 Å². The fraction of sp³-hybridized carbons (Fsp3) is 0.357. The maximum absolute atomic E-state index is 12.5. The van der Waals surface area contributed by atoms with Crippen LogP contribution in [0, 0.1) is 6.92 Å². The first kappa shape index (κ1) is 15.4. The number of nitrogen functional groups attached to an aromatic ring is 1. The van der Waals surface area contributed by atoms with E-state index in [1.165, 1.54) is 12.1 Å². The van der Waals surface area contributed by atoms with Crippen LogP contribution < -0.4 is 16.0 Å². The SMILES string of the molecule is Cc1nc2c(OC(F)(F)F)cccc2c(NN)c1C(C)C. The van der Waals surface area contributed by atoms with Gasteiger partial charge >= 0.3 is 6.36 Å². The Balaban J connectivity index is 2.76. The molecule has 7 heteroatoms. The van der Waals surface area contributed by atoms with E-state index in [1.54, 1.807) is 13.0 Å². The van der Waals surface area contributed by atoms with Gasteiger partial charge in [-0.1, -0.05) is 26.0 Å². The summed E-state index contributed by atoms with van der Waals surface area (Å²) in [4.78, 5) is 4.27. The molecule has 1 heterocycles. The molecular weight excluding hydrogens is 283 g/mol. The van der Waals surface area contributed by atoms with Crippen molar-refractivity contribution in [1.29, 1.82) is 0 Å². The summed E-state index contributed by atoms with van der Waals surface area (Å²) >= 11 is 0. The molecule has 0 fully saturated rings. The van der Waals surface area contributed by atoms with E-state index < -0.39 is 6.36 Å². The molecule has 0 unspecified atom stereocenters. The summed E-state index contributed by atoms with van der Waals surface area (Å²) in [7, 11) is 0. The second kappa shape index (κ2) is 5.40. The van der Waals surface area contributed by atoms with Gasteiger partial charge in [0.15, 0.2) is 5.75 Å². The number of aromatic nitrogens is 1. The lowest BCUT2D eigenvalue weighted by Gasteiger charge is -2.19. The number of halogens is 3. The number of fused-ring (bicyclic) bond motifs is 1. The number of nitrogens with two attached hydrogens (primary N) is 1. The highest BCUT2D eigenvalue weighted by atomic mass is 19.4. The van der Waals surface area contributed by atoms with Crippen molar-refractivity contribution in [1.82, 2.24) is 4.98 Å². The molecule has 2 rings (SSSR count). The van der Waals surface area contributed by atoms with Crippen molar-refractivity contribution in [2.24, 2.45) is 5.84 Å². The van der Waals surface area contributed by atoms with E-state index in [9.17, 15) is 13.2 Å². The molecule has 0 aliphatic carbocycles. The Labute approximate surface area is 120 Å². The Kier molecular flexibility index (Phi) is 3.95. The monoisotopic (exact) mass is 299 g/mol. The van der Waals surface area contributed by atoms with Gasteiger partial charge in [0, 0.05) is 16.6 Å². The molecule has 0 amide bonds. The second-order valence-electron chi connectivity index (χ2n) is 4.99. The van der Waals surface area contributed by atoms with Crippen molar-refractivity contribution in [2.75, 3.05) is 5.43 Å². The average Bonchev–Trinajstić information content (AvgIpc) is 2.35. The molecule has 1 aromatic carbocycles. The van der Waals surface area contributed by atoms with Gasteiger partial charge in [0.1, 0.15) is 5.52 Å². The Morgan fingerprint density at radius 1 is 1.29 bits per heavy atom. The molecule has 0 radical (unpaired) electrons. The molecule has 0 saturated carbocycles. The van der Waals surface area contributed by atoms with Crippen molar-refractivity contribution in [3.05, 3.63) is 29.5 Å². The van der Waals surface area contributed by atoms with E-state index in [1.807, 2.05) is 13.8 Å². The highest BCUT2D eigenvalue weighted by Crippen LogP contribution is 2.37. The third-order valence-electron chi connectivity index (χ3n) is 3.15. The quantitative estimate of drug-likeness (QED) is 0.667. The zero-order chi connectivity index (χ0) is 15.8. The minimum Gasteiger partial charge on any atom is -0.403 e. The number of para-hydroxylation sites is 1. The van der Waals surface area contributed by atoms with Gasteiger partial charge in [-0.2, -0.15) is 0 Å². The minimum atomic E-state index is -4.77. The maximum atomic E-state index is 12.5. The van der Waals surface area contributed by atoms with Crippen molar-refractivity contribution < 1.29 is 17.9 Å². The first-order valence-corrected chi connectivity index (χ1v) is 6.40. The largest absolute Gasteiger partial charge is 0.573 e.